The van der Waals surface area contributed by atoms with Crippen molar-refractivity contribution in [2.45, 2.75) is 38.5 Å². The fraction of sp³-hybridized carbons (Fsp3) is 0.632. The lowest BCUT2D eigenvalue weighted by atomic mass is 10.1. The minimum Gasteiger partial charge on any atom is -0.385 e. The highest BCUT2D eigenvalue weighted by molar-refractivity contribution is 14.0. The van der Waals surface area contributed by atoms with Gasteiger partial charge in [-0.25, -0.2) is 0 Å². The predicted octanol–water partition coefficient (Wildman–Crippen LogP) is 2.70. The quantitative estimate of drug-likeness (QED) is 0.248. The van der Waals surface area contributed by atoms with Crippen LogP contribution in [0.3, 0.4) is 0 Å². The van der Waals surface area contributed by atoms with Crippen LogP contribution in [0.2, 0.25) is 0 Å². The van der Waals surface area contributed by atoms with E-state index in [1.807, 2.05) is 0 Å². The first-order valence-corrected chi connectivity index (χ1v) is 9.02. The van der Waals surface area contributed by atoms with Gasteiger partial charge >= 0.3 is 0 Å². The summed E-state index contributed by atoms with van der Waals surface area (Å²) in [6, 6.07) is 8.49. The average molecular weight is 477 g/mol. The van der Waals surface area contributed by atoms with Gasteiger partial charge in [-0.1, -0.05) is 24.3 Å². The van der Waals surface area contributed by atoms with Crippen LogP contribution in [0.4, 0.5) is 0 Å². The number of halogens is 1. The Hall–Kier alpha value is -0.900. The monoisotopic (exact) mass is 477 g/mol. The van der Waals surface area contributed by atoms with E-state index in [1.165, 1.54) is 11.1 Å². The summed E-state index contributed by atoms with van der Waals surface area (Å²) < 4.78 is 16.4. The molecule has 7 heteroatoms. The van der Waals surface area contributed by atoms with Gasteiger partial charge in [0.15, 0.2) is 5.96 Å². The number of hydrogen-bond donors (Lipinski definition) is 2. The molecule has 0 radical (unpaired) electrons. The minimum atomic E-state index is 0. The van der Waals surface area contributed by atoms with Crippen molar-refractivity contribution in [1.82, 2.24) is 10.6 Å². The van der Waals surface area contributed by atoms with Crippen molar-refractivity contribution in [3.63, 3.8) is 0 Å². The molecular weight excluding hydrogens is 445 g/mol. The van der Waals surface area contributed by atoms with Crippen LogP contribution >= 0.6 is 24.0 Å². The van der Waals surface area contributed by atoms with Crippen LogP contribution in [-0.4, -0.2) is 52.6 Å². The second-order valence-corrected chi connectivity index (χ2v) is 6.14. The molecular formula is C19H32IN3O3. The maximum atomic E-state index is 6.00. The van der Waals surface area contributed by atoms with Crippen molar-refractivity contribution in [2.24, 2.45) is 4.99 Å². The van der Waals surface area contributed by atoms with E-state index >= 15 is 0 Å². The van der Waals surface area contributed by atoms with E-state index in [2.05, 4.69) is 39.9 Å². The third-order valence-electron chi connectivity index (χ3n) is 4.15. The van der Waals surface area contributed by atoms with Gasteiger partial charge in [0.2, 0.25) is 0 Å². The molecule has 0 atom stereocenters. The first-order valence-electron chi connectivity index (χ1n) is 9.02. The fourth-order valence-corrected chi connectivity index (χ4v) is 2.72. The number of benzene rings is 1. The van der Waals surface area contributed by atoms with Gasteiger partial charge in [0.05, 0.1) is 12.7 Å². The molecule has 148 valence electrons. The van der Waals surface area contributed by atoms with Crippen LogP contribution in [0.1, 0.15) is 30.4 Å². The number of nitrogens with one attached hydrogen (secondary N) is 2. The van der Waals surface area contributed by atoms with Crippen molar-refractivity contribution in [3.05, 3.63) is 35.4 Å². The molecule has 1 aliphatic rings. The summed E-state index contributed by atoms with van der Waals surface area (Å²) in [5.74, 6) is 0.806. The zero-order valence-electron chi connectivity index (χ0n) is 15.8. The molecule has 1 heterocycles. The van der Waals surface area contributed by atoms with Crippen LogP contribution in [0.5, 0.6) is 0 Å². The van der Waals surface area contributed by atoms with Gasteiger partial charge in [0.25, 0.3) is 0 Å². The second-order valence-electron chi connectivity index (χ2n) is 6.14. The molecule has 0 aliphatic carbocycles. The average Bonchev–Trinajstić information content (AvgIpc) is 2.67. The molecule has 26 heavy (non-hydrogen) atoms. The van der Waals surface area contributed by atoms with E-state index in [0.29, 0.717) is 12.7 Å². The van der Waals surface area contributed by atoms with Gasteiger partial charge in [0, 0.05) is 47.1 Å². The molecule has 1 aromatic rings. The van der Waals surface area contributed by atoms with Crippen molar-refractivity contribution in [3.8, 4) is 0 Å². The van der Waals surface area contributed by atoms with Gasteiger partial charge in [-0.2, -0.15) is 0 Å². The van der Waals surface area contributed by atoms with E-state index in [4.69, 9.17) is 14.2 Å². The van der Waals surface area contributed by atoms with Crippen molar-refractivity contribution < 1.29 is 14.2 Å². The van der Waals surface area contributed by atoms with Crippen LogP contribution in [-0.2, 0) is 27.4 Å². The number of nitrogens with zero attached hydrogens (tertiary/aromatic N) is 1. The first kappa shape index (κ1) is 23.1. The number of ether oxygens (including phenoxy) is 3. The third-order valence-corrected chi connectivity index (χ3v) is 4.15. The molecule has 1 saturated heterocycles. The number of guanidine groups is 1. The SMILES string of the molecule is CN=C(NCCCOC)NCc1cccc(COC2CCOCC2)c1.I. The molecule has 1 fully saturated rings. The Kier molecular flexibility index (Phi) is 12.6. The van der Waals surface area contributed by atoms with E-state index in [0.717, 1.165) is 58.1 Å². The highest BCUT2D eigenvalue weighted by Gasteiger charge is 2.14. The molecule has 0 spiro atoms. The summed E-state index contributed by atoms with van der Waals surface area (Å²) in [7, 11) is 3.50. The predicted molar refractivity (Wildman–Crippen MR) is 115 cm³/mol. The largest absolute Gasteiger partial charge is 0.385 e. The summed E-state index contributed by atoms with van der Waals surface area (Å²) in [4.78, 5) is 4.24. The molecule has 1 aromatic carbocycles. The molecule has 6 nitrogen and oxygen atoms in total. The normalized spacial score (nSPS) is 15.4. The molecule has 0 aromatic heterocycles. The van der Waals surface area contributed by atoms with Gasteiger partial charge in [-0.05, 0) is 30.4 Å². The molecule has 1 aliphatic heterocycles. The lowest BCUT2D eigenvalue weighted by Gasteiger charge is -2.22. The number of aliphatic imine (C=N–C) groups is 1. The number of methoxy groups -OCH3 is 1. The van der Waals surface area contributed by atoms with Gasteiger partial charge in [-0.3, -0.25) is 4.99 Å². The zero-order chi connectivity index (χ0) is 17.7. The second kappa shape index (κ2) is 14.2. The molecule has 0 bridgehead atoms. The Morgan fingerprint density at radius 1 is 1.23 bits per heavy atom. The highest BCUT2D eigenvalue weighted by Crippen LogP contribution is 2.14. The first-order chi connectivity index (χ1) is 12.3. The summed E-state index contributed by atoms with van der Waals surface area (Å²) in [5.41, 5.74) is 2.42. The fourth-order valence-electron chi connectivity index (χ4n) is 2.72. The Labute approximate surface area is 174 Å². The summed E-state index contributed by atoms with van der Waals surface area (Å²) in [6.07, 6.45) is 3.26. The number of rotatable bonds is 9. The lowest BCUT2D eigenvalue weighted by Crippen LogP contribution is -2.37. The summed E-state index contributed by atoms with van der Waals surface area (Å²) in [6.45, 7) is 4.60. The van der Waals surface area contributed by atoms with Crippen molar-refractivity contribution in [2.75, 3.05) is 40.5 Å². The van der Waals surface area contributed by atoms with Crippen LogP contribution < -0.4 is 10.6 Å². The van der Waals surface area contributed by atoms with E-state index in [1.54, 1.807) is 14.2 Å². The molecule has 2 rings (SSSR count). The van der Waals surface area contributed by atoms with Crippen LogP contribution in [0.25, 0.3) is 0 Å². The highest BCUT2D eigenvalue weighted by atomic mass is 127. The lowest BCUT2D eigenvalue weighted by molar-refractivity contribution is -0.0390. The van der Waals surface area contributed by atoms with Crippen molar-refractivity contribution >= 4 is 29.9 Å². The maximum Gasteiger partial charge on any atom is 0.191 e. The maximum absolute atomic E-state index is 6.00. The molecule has 0 saturated carbocycles. The Morgan fingerprint density at radius 2 is 2.00 bits per heavy atom. The van der Waals surface area contributed by atoms with Gasteiger partial charge in [0.1, 0.15) is 0 Å². The Balaban J connectivity index is 0.00000338. The van der Waals surface area contributed by atoms with E-state index < -0.39 is 0 Å². The Bertz CT molecular complexity index is 523. The number of hydrogen-bond acceptors (Lipinski definition) is 4. The van der Waals surface area contributed by atoms with E-state index in [-0.39, 0.29) is 24.0 Å². The van der Waals surface area contributed by atoms with Gasteiger partial charge in [-0.15, -0.1) is 24.0 Å². The zero-order valence-corrected chi connectivity index (χ0v) is 18.2. The Morgan fingerprint density at radius 3 is 2.73 bits per heavy atom. The van der Waals surface area contributed by atoms with E-state index in [9.17, 15) is 0 Å². The topological polar surface area (TPSA) is 64.1 Å². The smallest absolute Gasteiger partial charge is 0.191 e. The third kappa shape index (κ3) is 9.16. The molecule has 0 unspecified atom stereocenters. The summed E-state index contributed by atoms with van der Waals surface area (Å²) in [5, 5.41) is 6.62. The summed E-state index contributed by atoms with van der Waals surface area (Å²) >= 11 is 0. The standard InChI is InChI=1S/C19H31N3O3.HI/c1-20-19(21-9-4-10-23-2)22-14-16-5-3-6-17(13-16)15-25-18-7-11-24-12-8-18;/h3,5-6,13,18H,4,7-12,14-15H2,1-2H3,(H2,20,21,22);1H. The molecule has 0 amide bonds. The van der Waals surface area contributed by atoms with Crippen molar-refractivity contribution in [1.29, 1.82) is 0 Å². The molecule has 2 N–H and O–H groups in total. The minimum absolute atomic E-state index is 0. The van der Waals surface area contributed by atoms with Gasteiger partial charge < -0.3 is 24.8 Å². The van der Waals surface area contributed by atoms with Crippen LogP contribution in [0, 0.1) is 0 Å². The van der Waals surface area contributed by atoms with Crippen LogP contribution in [0.15, 0.2) is 29.3 Å².